The van der Waals surface area contributed by atoms with Crippen molar-refractivity contribution in [2.24, 2.45) is 4.99 Å². The normalized spacial score (nSPS) is 11.6. The lowest BCUT2D eigenvalue weighted by Gasteiger charge is -2.16. The molecule has 2 rings (SSSR count). The standard InChI is InChI=1S/C24H36N4O2/c1-6-29-13-14-30-23-15-19(2)7-12-22(23)17-27-24(25-3)26-16-20-8-10-21(11-9-20)18-28(4)5/h7-12,15H,6,13-14,16-18H2,1-5H3,(H2,25,26,27). The van der Waals surface area contributed by atoms with Crippen molar-refractivity contribution in [3.05, 3.63) is 64.7 Å². The molecule has 0 atom stereocenters. The summed E-state index contributed by atoms with van der Waals surface area (Å²) < 4.78 is 11.3. The fourth-order valence-corrected chi connectivity index (χ4v) is 3.01. The smallest absolute Gasteiger partial charge is 0.191 e. The molecule has 0 spiro atoms. The maximum Gasteiger partial charge on any atom is 0.191 e. The molecule has 0 unspecified atom stereocenters. The fraction of sp³-hybridized carbons (Fsp3) is 0.458. The number of hydrogen-bond acceptors (Lipinski definition) is 4. The summed E-state index contributed by atoms with van der Waals surface area (Å²) in [6.07, 6.45) is 0. The van der Waals surface area contributed by atoms with E-state index in [-0.39, 0.29) is 0 Å². The molecule has 6 heteroatoms. The Labute approximate surface area is 181 Å². The zero-order chi connectivity index (χ0) is 21.8. The Morgan fingerprint density at radius 3 is 2.33 bits per heavy atom. The molecule has 0 fully saturated rings. The third-order valence-electron chi connectivity index (χ3n) is 4.56. The lowest BCUT2D eigenvalue weighted by atomic mass is 10.1. The van der Waals surface area contributed by atoms with Gasteiger partial charge < -0.3 is 25.0 Å². The van der Waals surface area contributed by atoms with Crippen molar-refractivity contribution in [3.63, 3.8) is 0 Å². The summed E-state index contributed by atoms with van der Waals surface area (Å²) in [5.41, 5.74) is 4.79. The summed E-state index contributed by atoms with van der Waals surface area (Å²) in [4.78, 5) is 6.50. The first kappa shape index (κ1) is 23.7. The molecule has 30 heavy (non-hydrogen) atoms. The Morgan fingerprint density at radius 1 is 0.967 bits per heavy atom. The van der Waals surface area contributed by atoms with E-state index in [0.29, 0.717) is 32.9 Å². The summed E-state index contributed by atoms with van der Waals surface area (Å²) in [5.74, 6) is 1.64. The zero-order valence-corrected chi connectivity index (χ0v) is 19.0. The first-order valence-electron chi connectivity index (χ1n) is 10.5. The minimum atomic E-state index is 0.543. The predicted octanol–water partition coefficient (Wildman–Crippen LogP) is 3.34. The van der Waals surface area contributed by atoms with Crippen LogP contribution in [-0.4, -0.2) is 51.8 Å². The Morgan fingerprint density at radius 2 is 1.67 bits per heavy atom. The van der Waals surface area contributed by atoms with Crippen molar-refractivity contribution < 1.29 is 9.47 Å². The van der Waals surface area contributed by atoms with Gasteiger partial charge in [0.15, 0.2) is 5.96 Å². The second kappa shape index (κ2) is 12.9. The fourth-order valence-electron chi connectivity index (χ4n) is 3.01. The second-order valence-electron chi connectivity index (χ2n) is 7.49. The first-order chi connectivity index (χ1) is 14.5. The van der Waals surface area contributed by atoms with Crippen molar-refractivity contribution in [3.8, 4) is 5.75 Å². The molecule has 0 saturated carbocycles. The Bertz CT molecular complexity index is 788. The van der Waals surface area contributed by atoms with Gasteiger partial charge in [0, 0.05) is 38.9 Å². The van der Waals surface area contributed by atoms with Gasteiger partial charge in [0.1, 0.15) is 12.4 Å². The third kappa shape index (κ3) is 8.43. The van der Waals surface area contributed by atoms with Crippen LogP contribution in [0, 0.1) is 6.92 Å². The van der Waals surface area contributed by atoms with Crippen LogP contribution in [0.15, 0.2) is 47.5 Å². The third-order valence-corrected chi connectivity index (χ3v) is 4.56. The van der Waals surface area contributed by atoms with Gasteiger partial charge in [-0.05, 0) is 50.7 Å². The van der Waals surface area contributed by atoms with E-state index < -0.39 is 0 Å². The zero-order valence-electron chi connectivity index (χ0n) is 19.0. The molecule has 0 radical (unpaired) electrons. The molecule has 2 N–H and O–H groups in total. The van der Waals surface area contributed by atoms with Crippen LogP contribution < -0.4 is 15.4 Å². The minimum absolute atomic E-state index is 0.543. The molecular formula is C24H36N4O2. The van der Waals surface area contributed by atoms with Crippen molar-refractivity contribution in [2.75, 3.05) is 41.0 Å². The topological polar surface area (TPSA) is 58.1 Å². The van der Waals surface area contributed by atoms with Crippen LogP contribution in [0.3, 0.4) is 0 Å². The number of benzene rings is 2. The molecule has 164 valence electrons. The van der Waals surface area contributed by atoms with Crippen LogP contribution >= 0.6 is 0 Å². The van der Waals surface area contributed by atoms with E-state index >= 15 is 0 Å². The summed E-state index contributed by atoms with van der Waals surface area (Å²) in [7, 11) is 5.94. The highest BCUT2D eigenvalue weighted by Crippen LogP contribution is 2.20. The van der Waals surface area contributed by atoms with Crippen LogP contribution in [0.1, 0.15) is 29.2 Å². The molecule has 0 aliphatic rings. The Kier molecular flexibility index (Phi) is 10.2. The van der Waals surface area contributed by atoms with Gasteiger partial charge in [-0.15, -0.1) is 0 Å². The van der Waals surface area contributed by atoms with Crippen LogP contribution in [0.4, 0.5) is 0 Å². The number of guanidine groups is 1. The maximum absolute atomic E-state index is 5.93. The number of hydrogen-bond donors (Lipinski definition) is 2. The number of nitrogens with one attached hydrogen (secondary N) is 2. The highest BCUT2D eigenvalue weighted by atomic mass is 16.5. The number of nitrogens with zero attached hydrogens (tertiary/aromatic N) is 2. The second-order valence-corrected chi connectivity index (χ2v) is 7.49. The monoisotopic (exact) mass is 412 g/mol. The van der Waals surface area contributed by atoms with Crippen LogP contribution in [0.5, 0.6) is 5.75 Å². The molecule has 6 nitrogen and oxygen atoms in total. The van der Waals surface area contributed by atoms with E-state index in [4.69, 9.17) is 9.47 Å². The molecule has 0 saturated heterocycles. The average Bonchev–Trinajstić information content (AvgIpc) is 2.73. The molecule has 0 aliphatic heterocycles. The van der Waals surface area contributed by atoms with Gasteiger partial charge >= 0.3 is 0 Å². The number of ether oxygens (including phenoxy) is 2. The van der Waals surface area contributed by atoms with E-state index in [1.807, 2.05) is 6.92 Å². The molecule has 0 aromatic heterocycles. The first-order valence-corrected chi connectivity index (χ1v) is 10.5. The highest BCUT2D eigenvalue weighted by molar-refractivity contribution is 5.79. The van der Waals surface area contributed by atoms with Gasteiger partial charge in [-0.1, -0.05) is 36.4 Å². The van der Waals surface area contributed by atoms with E-state index in [0.717, 1.165) is 23.8 Å². The summed E-state index contributed by atoms with van der Waals surface area (Å²) in [6, 6.07) is 14.9. The van der Waals surface area contributed by atoms with Crippen molar-refractivity contribution in [1.29, 1.82) is 0 Å². The van der Waals surface area contributed by atoms with Crippen molar-refractivity contribution in [1.82, 2.24) is 15.5 Å². The summed E-state index contributed by atoms with van der Waals surface area (Å²) in [6.45, 7) is 8.18. The van der Waals surface area contributed by atoms with Crippen molar-refractivity contribution >= 4 is 5.96 Å². The largest absolute Gasteiger partial charge is 0.491 e. The van der Waals surface area contributed by atoms with E-state index in [9.17, 15) is 0 Å². The Hall–Kier alpha value is -2.57. The number of rotatable bonds is 11. The molecule has 2 aromatic rings. The van der Waals surface area contributed by atoms with E-state index in [2.05, 4.69) is 84.0 Å². The molecule has 0 amide bonds. The maximum atomic E-state index is 5.93. The summed E-state index contributed by atoms with van der Waals surface area (Å²) >= 11 is 0. The van der Waals surface area contributed by atoms with E-state index in [1.54, 1.807) is 7.05 Å². The van der Waals surface area contributed by atoms with Gasteiger partial charge in [-0.2, -0.15) is 0 Å². The van der Waals surface area contributed by atoms with Crippen LogP contribution in [0.25, 0.3) is 0 Å². The molecule has 0 bridgehead atoms. The van der Waals surface area contributed by atoms with Gasteiger partial charge in [0.25, 0.3) is 0 Å². The van der Waals surface area contributed by atoms with E-state index in [1.165, 1.54) is 16.7 Å². The number of aryl methyl sites for hydroxylation is 1. The van der Waals surface area contributed by atoms with Crippen molar-refractivity contribution in [2.45, 2.75) is 33.5 Å². The van der Waals surface area contributed by atoms with Gasteiger partial charge in [0.2, 0.25) is 0 Å². The van der Waals surface area contributed by atoms with Gasteiger partial charge in [0.05, 0.1) is 6.61 Å². The van der Waals surface area contributed by atoms with Gasteiger partial charge in [-0.3, -0.25) is 4.99 Å². The molecule has 2 aromatic carbocycles. The highest BCUT2D eigenvalue weighted by Gasteiger charge is 2.06. The SMILES string of the molecule is CCOCCOc1cc(C)ccc1CNC(=NC)NCc1ccc(CN(C)C)cc1. The molecule has 0 aliphatic carbocycles. The van der Waals surface area contributed by atoms with Crippen LogP contribution in [0.2, 0.25) is 0 Å². The lowest BCUT2D eigenvalue weighted by molar-refractivity contribution is 0.110. The Balaban J connectivity index is 1.88. The van der Waals surface area contributed by atoms with Crippen LogP contribution in [-0.2, 0) is 24.4 Å². The lowest BCUT2D eigenvalue weighted by Crippen LogP contribution is -2.36. The summed E-state index contributed by atoms with van der Waals surface area (Å²) in [5, 5.41) is 6.75. The quantitative estimate of drug-likeness (QED) is 0.337. The molecular weight excluding hydrogens is 376 g/mol. The van der Waals surface area contributed by atoms with Gasteiger partial charge in [-0.25, -0.2) is 0 Å². The minimum Gasteiger partial charge on any atom is -0.491 e. The molecule has 0 heterocycles. The average molecular weight is 413 g/mol. The predicted molar refractivity (Wildman–Crippen MR) is 124 cm³/mol. The number of aliphatic imine (C=N–C) groups is 1.